The topological polar surface area (TPSA) is 65.4 Å². The van der Waals surface area contributed by atoms with Gasteiger partial charge in [0.25, 0.3) is 0 Å². The van der Waals surface area contributed by atoms with Crippen LogP contribution in [0.4, 0.5) is 4.79 Å². The zero-order valence-electron chi connectivity index (χ0n) is 17.3. The summed E-state index contributed by atoms with van der Waals surface area (Å²) < 4.78 is 5.48. The lowest BCUT2D eigenvalue weighted by atomic mass is 9.89. The quantitative estimate of drug-likeness (QED) is 0.810. The molecule has 2 unspecified atom stereocenters. The van der Waals surface area contributed by atoms with Gasteiger partial charge < -0.3 is 15.0 Å². The van der Waals surface area contributed by atoms with Crippen molar-refractivity contribution in [1.82, 2.24) is 10.2 Å². The lowest BCUT2D eigenvalue weighted by Gasteiger charge is -2.34. The smallest absolute Gasteiger partial charge is 0.410 e. The Hall–Kier alpha value is -2.84. The van der Waals surface area contributed by atoms with Gasteiger partial charge in [-0.3, -0.25) is 0 Å². The van der Waals surface area contributed by atoms with Crippen LogP contribution < -0.4 is 5.32 Å². The molecule has 5 heteroatoms. The monoisotopic (exact) mass is 403 g/mol. The fourth-order valence-corrected chi connectivity index (χ4v) is 4.73. The minimum absolute atomic E-state index is 0.202. The molecule has 4 rings (SSSR count). The van der Waals surface area contributed by atoms with Gasteiger partial charge in [-0.15, -0.1) is 0 Å². The minimum atomic E-state index is -0.202. The van der Waals surface area contributed by atoms with Crippen LogP contribution >= 0.6 is 0 Å². The lowest BCUT2D eigenvalue weighted by Crippen LogP contribution is -2.44. The minimum Gasteiger partial charge on any atom is -0.445 e. The second-order valence-corrected chi connectivity index (χ2v) is 8.43. The zero-order chi connectivity index (χ0) is 20.8. The Bertz CT molecular complexity index is 885. The molecule has 2 aromatic rings. The van der Waals surface area contributed by atoms with Crippen molar-refractivity contribution in [1.29, 1.82) is 5.26 Å². The maximum absolute atomic E-state index is 12.4. The highest BCUT2D eigenvalue weighted by molar-refractivity contribution is 5.67. The van der Waals surface area contributed by atoms with Gasteiger partial charge in [-0.2, -0.15) is 5.26 Å². The summed E-state index contributed by atoms with van der Waals surface area (Å²) >= 11 is 0. The van der Waals surface area contributed by atoms with Crippen molar-refractivity contribution < 1.29 is 9.53 Å². The number of nitriles is 1. The number of hydrogen-bond donors (Lipinski definition) is 1. The summed E-state index contributed by atoms with van der Waals surface area (Å²) in [6, 6.07) is 20.9. The van der Waals surface area contributed by atoms with Crippen LogP contribution in [0.3, 0.4) is 0 Å². The molecule has 2 aliphatic heterocycles. The number of ether oxygens (including phenoxy) is 1. The normalized spacial score (nSPS) is 21.9. The van der Waals surface area contributed by atoms with E-state index in [0.29, 0.717) is 24.6 Å². The van der Waals surface area contributed by atoms with E-state index in [1.165, 1.54) is 18.4 Å². The van der Waals surface area contributed by atoms with Crippen LogP contribution in [-0.2, 0) is 17.8 Å². The number of carbonyl (C=O) groups excluding carboxylic acids is 1. The highest BCUT2D eigenvalue weighted by Gasteiger charge is 2.33. The van der Waals surface area contributed by atoms with E-state index in [0.717, 1.165) is 43.5 Å². The van der Waals surface area contributed by atoms with Crippen LogP contribution in [0.25, 0.3) is 0 Å². The van der Waals surface area contributed by atoms with Crippen molar-refractivity contribution in [3.63, 3.8) is 0 Å². The van der Waals surface area contributed by atoms with E-state index in [4.69, 9.17) is 10.00 Å². The molecule has 2 atom stereocenters. The molecule has 0 saturated carbocycles. The molecule has 2 saturated heterocycles. The third-order valence-electron chi connectivity index (χ3n) is 6.39. The molecule has 0 spiro atoms. The number of amides is 1. The largest absolute Gasteiger partial charge is 0.445 e. The van der Waals surface area contributed by atoms with E-state index in [1.807, 2.05) is 53.4 Å². The van der Waals surface area contributed by atoms with E-state index in [1.54, 1.807) is 0 Å². The van der Waals surface area contributed by atoms with Crippen molar-refractivity contribution in [2.24, 2.45) is 5.92 Å². The average molecular weight is 404 g/mol. The van der Waals surface area contributed by atoms with Crippen molar-refractivity contribution in [3.8, 4) is 6.07 Å². The van der Waals surface area contributed by atoms with Crippen molar-refractivity contribution in [2.45, 2.75) is 50.8 Å². The predicted octanol–water partition coefficient (Wildman–Crippen LogP) is 4.27. The third-order valence-corrected chi connectivity index (χ3v) is 6.39. The zero-order valence-corrected chi connectivity index (χ0v) is 17.3. The first-order chi connectivity index (χ1) is 14.7. The summed E-state index contributed by atoms with van der Waals surface area (Å²) in [5.74, 6) is 0.610. The molecule has 2 fully saturated rings. The van der Waals surface area contributed by atoms with E-state index in [9.17, 15) is 4.79 Å². The van der Waals surface area contributed by atoms with Gasteiger partial charge in [0.2, 0.25) is 0 Å². The number of rotatable bonds is 5. The molecule has 1 amide bonds. The molecule has 30 heavy (non-hydrogen) atoms. The second-order valence-electron chi connectivity index (χ2n) is 8.43. The van der Waals surface area contributed by atoms with Gasteiger partial charge in [-0.05, 0) is 61.3 Å². The average Bonchev–Trinajstić information content (AvgIpc) is 3.27. The Balaban J connectivity index is 1.21. The summed E-state index contributed by atoms with van der Waals surface area (Å²) in [7, 11) is 0. The molecular formula is C25H29N3O2. The third kappa shape index (κ3) is 5.20. The van der Waals surface area contributed by atoms with E-state index in [-0.39, 0.29) is 6.09 Å². The Labute approximate surface area is 178 Å². The molecule has 2 heterocycles. The number of likely N-dealkylation sites (tertiary alicyclic amines) is 1. The van der Waals surface area contributed by atoms with E-state index in [2.05, 4.69) is 17.5 Å². The van der Waals surface area contributed by atoms with E-state index < -0.39 is 0 Å². The number of carbonyl (C=O) groups is 1. The maximum Gasteiger partial charge on any atom is 0.410 e. The SMILES string of the molecule is N#Cc1cccc(CC2CCC(C3CCN(C(=O)OCc4ccccc4)CC3)N2)c1. The van der Waals surface area contributed by atoms with Crippen LogP contribution in [0.5, 0.6) is 0 Å². The number of piperidine rings is 1. The van der Waals surface area contributed by atoms with Gasteiger partial charge >= 0.3 is 6.09 Å². The maximum atomic E-state index is 12.4. The van der Waals surface area contributed by atoms with Crippen molar-refractivity contribution in [3.05, 3.63) is 71.3 Å². The lowest BCUT2D eigenvalue weighted by molar-refractivity contribution is 0.0787. The second kappa shape index (κ2) is 9.77. The van der Waals surface area contributed by atoms with Crippen molar-refractivity contribution in [2.75, 3.05) is 13.1 Å². The van der Waals surface area contributed by atoms with Crippen LogP contribution in [0.2, 0.25) is 0 Å². The molecule has 0 radical (unpaired) electrons. The van der Waals surface area contributed by atoms with E-state index >= 15 is 0 Å². The number of hydrogen-bond acceptors (Lipinski definition) is 4. The fraction of sp³-hybridized carbons (Fsp3) is 0.440. The molecule has 0 aromatic heterocycles. The number of benzene rings is 2. The Morgan fingerprint density at radius 3 is 2.57 bits per heavy atom. The molecular weight excluding hydrogens is 374 g/mol. The van der Waals surface area contributed by atoms with Gasteiger partial charge in [0.15, 0.2) is 0 Å². The Kier molecular flexibility index (Phi) is 6.66. The number of nitrogens with zero attached hydrogens (tertiary/aromatic N) is 2. The molecule has 5 nitrogen and oxygen atoms in total. The standard InChI is InChI=1S/C25H29N3O2/c26-17-21-8-4-7-20(15-21)16-23-9-10-24(27-23)22-11-13-28(14-12-22)25(29)30-18-19-5-2-1-3-6-19/h1-8,15,22-24,27H,9-14,16,18H2. The summed E-state index contributed by atoms with van der Waals surface area (Å²) in [5, 5.41) is 12.9. The predicted molar refractivity (Wildman–Crippen MR) is 116 cm³/mol. The Morgan fingerprint density at radius 2 is 1.80 bits per heavy atom. The van der Waals surface area contributed by atoms with Gasteiger partial charge in [-0.1, -0.05) is 42.5 Å². The van der Waals surface area contributed by atoms with Crippen LogP contribution in [-0.4, -0.2) is 36.2 Å². The molecule has 1 N–H and O–H groups in total. The molecule has 0 bridgehead atoms. The molecule has 0 aliphatic carbocycles. The first-order valence-corrected chi connectivity index (χ1v) is 10.9. The fourth-order valence-electron chi connectivity index (χ4n) is 4.73. The first kappa shape index (κ1) is 20.4. The van der Waals surface area contributed by atoms with Crippen LogP contribution in [0.1, 0.15) is 42.4 Å². The summed E-state index contributed by atoms with van der Waals surface area (Å²) in [5.41, 5.74) is 2.97. The van der Waals surface area contributed by atoms with Gasteiger partial charge in [0.05, 0.1) is 11.6 Å². The molecule has 2 aliphatic rings. The Morgan fingerprint density at radius 1 is 1.03 bits per heavy atom. The summed E-state index contributed by atoms with van der Waals surface area (Å²) in [6.07, 6.45) is 5.17. The van der Waals surface area contributed by atoms with Crippen LogP contribution in [0, 0.1) is 17.2 Å². The first-order valence-electron chi connectivity index (χ1n) is 10.9. The highest BCUT2D eigenvalue weighted by atomic mass is 16.6. The molecule has 2 aromatic carbocycles. The van der Waals surface area contributed by atoms with Crippen LogP contribution in [0.15, 0.2) is 54.6 Å². The summed E-state index contributed by atoms with van der Waals surface area (Å²) in [4.78, 5) is 14.2. The van der Waals surface area contributed by atoms with Crippen molar-refractivity contribution >= 4 is 6.09 Å². The van der Waals surface area contributed by atoms with Gasteiger partial charge in [0.1, 0.15) is 6.61 Å². The van der Waals surface area contributed by atoms with Gasteiger partial charge in [0, 0.05) is 25.2 Å². The molecule has 156 valence electrons. The summed E-state index contributed by atoms with van der Waals surface area (Å²) in [6.45, 7) is 1.87. The van der Waals surface area contributed by atoms with Gasteiger partial charge in [-0.25, -0.2) is 4.79 Å². The highest BCUT2D eigenvalue weighted by Crippen LogP contribution is 2.29. The number of nitrogens with one attached hydrogen (secondary N) is 1.